The van der Waals surface area contributed by atoms with E-state index in [1.165, 1.54) is 11.3 Å². The number of rotatable bonds is 4. The molecule has 0 unspecified atom stereocenters. The number of aryl methyl sites for hydroxylation is 1. The van der Waals surface area contributed by atoms with Gasteiger partial charge in [0.1, 0.15) is 0 Å². The Hall–Kier alpha value is -4.42. The number of hydrogen-bond acceptors (Lipinski definition) is 3. The lowest BCUT2D eigenvalue weighted by Gasteiger charge is -2.28. The maximum absolute atomic E-state index is 13.6. The summed E-state index contributed by atoms with van der Waals surface area (Å²) in [5.74, 6) is 0.460. The quantitative estimate of drug-likeness (QED) is 0.335. The summed E-state index contributed by atoms with van der Waals surface area (Å²) in [5.41, 5.74) is 7.45. The molecule has 0 bridgehead atoms. The molecule has 0 aliphatic carbocycles. The molecule has 1 saturated heterocycles. The molecule has 6 nitrogen and oxygen atoms in total. The molecular formula is C34H30N4O2. The van der Waals surface area contributed by atoms with Gasteiger partial charge in [-0.15, -0.1) is 0 Å². The van der Waals surface area contributed by atoms with Crippen LogP contribution in [0.25, 0.3) is 33.0 Å². The van der Waals surface area contributed by atoms with E-state index in [0.29, 0.717) is 23.0 Å². The largest absolute Gasteiger partial charge is 0.350 e. The van der Waals surface area contributed by atoms with Crippen molar-refractivity contribution in [2.45, 2.75) is 19.5 Å². The number of aromatic nitrogens is 2. The number of nitrogens with one attached hydrogen (secondary N) is 1. The first-order valence-electron chi connectivity index (χ1n) is 14.1. The summed E-state index contributed by atoms with van der Waals surface area (Å²) in [4.78, 5) is 29.6. The molecule has 3 aromatic carbocycles. The molecular weight excluding hydrogens is 496 g/mol. The van der Waals surface area contributed by atoms with E-state index in [9.17, 15) is 9.59 Å². The molecule has 5 heterocycles. The molecule has 8 rings (SSSR count). The number of nitrogens with zero attached hydrogens (tertiary/aromatic N) is 3. The Kier molecular flexibility index (Phi) is 5.16. The lowest BCUT2D eigenvalue weighted by atomic mass is 9.85. The van der Waals surface area contributed by atoms with Crippen LogP contribution in [0.1, 0.15) is 22.4 Å². The fourth-order valence-corrected chi connectivity index (χ4v) is 7.48. The van der Waals surface area contributed by atoms with E-state index in [1.807, 2.05) is 48.1 Å². The van der Waals surface area contributed by atoms with Crippen molar-refractivity contribution in [2.75, 3.05) is 13.1 Å². The van der Waals surface area contributed by atoms with Crippen molar-refractivity contribution < 1.29 is 9.59 Å². The first kappa shape index (κ1) is 23.5. The number of fused-ring (bicyclic) bond motifs is 5. The Bertz CT molecular complexity index is 1880. The first-order valence-corrected chi connectivity index (χ1v) is 14.1. The van der Waals surface area contributed by atoms with Gasteiger partial charge in [0.05, 0.1) is 11.1 Å². The van der Waals surface area contributed by atoms with Crippen LogP contribution in [0.2, 0.25) is 0 Å². The van der Waals surface area contributed by atoms with E-state index >= 15 is 0 Å². The molecule has 0 saturated carbocycles. The van der Waals surface area contributed by atoms with E-state index in [0.717, 1.165) is 65.5 Å². The molecule has 40 heavy (non-hydrogen) atoms. The van der Waals surface area contributed by atoms with Crippen molar-refractivity contribution >= 4 is 44.8 Å². The van der Waals surface area contributed by atoms with Gasteiger partial charge in [0.15, 0.2) is 0 Å². The Labute approximate surface area is 232 Å². The van der Waals surface area contributed by atoms with Gasteiger partial charge in [0.2, 0.25) is 0 Å². The summed E-state index contributed by atoms with van der Waals surface area (Å²) in [6.45, 7) is 4.01. The highest BCUT2D eigenvalue weighted by Crippen LogP contribution is 2.45. The Morgan fingerprint density at radius 2 is 1.43 bits per heavy atom. The van der Waals surface area contributed by atoms with E-state index in [2.05, 4.69) is 63.3 Å². The number of carbonyl (C=O) groups excluding carboxylic acids is 2. The Morgan fingerprint density at radius 1 is 0.750 bits per heavy atom. The number of benzene rings is 3. The second-order valence-corrected chi connectivity index (χ2v) is 11.6. The number of amides is 2. The van der Waals surface area contributed by atoms with Gasteiger partial charge in [-0.05, 0) is 36.0 Å². The van der Waals surface area contributed by atoms with Crippen LogP contribution in [0, 0.1) is 11.8 Å². The zero-order valence-corrected chi connectivity index (χ0v) is 22.4. The van der Waals surface area contributed by atoms with E-state index in [1.54, 1.807) is 0 Å². The lowest BCUT2D eigenvalue weighted by molar-refractivity contribution is -0.122. The fourth-order valence-electron chi connectivity index (χ4n) is 7.48. The highest BCUT2D eigenvalue weighted by Gasteiger charge is 2.42. The molecule has 5 aromatic rings. The molecule has 2 atom stereocenters. The van der Waals surface area contributed by atoms with Crippen LogP contribution in [0.15, 0.2) is 85.1 Å². The SMILES string of the molecule is Cn1cc(C2=C(c3c4n(c5ccccc35)C[C@@H]3CN(Cc5ccccc5)C[C@@H]3C4)C(=O)NC2=O)c2ccccc21. The third kappa shape index (κ3) is 3.45. The van der Waals surface area contributed by atoms with Gasteiger partial charge in [-0.25, -0.2) is 0 Å². The van der Waals surface area contributed by atoms with E-state index in [4.69, 9.17) is 0 Å². The highest BCUT2D eigenvalue weighted by atomic mass is 16.2. The van der Waals surface area contributed by atoms with Crippen LogP contribution in [-0.2, 0) is 36.1 Å². The highest BCUT2D eigenvalue weighted by molar-refractivity contribution is 6.51. The normalized spacial score (nSPS) is 20.9. The molecule has 198 valence electrons. The third-order valence-electron chi connectivity index (χ3n) is 9.20. The van der Waals surface area contributed by atoms with Crippen molar-refractivity contribution in [3.63, 3.8) is 0 Å². The summed E-state index contributed by atoms with van der Waals surface area (Å²) in [7, 11) is 1.98. The van der Waals surface area contributed by atoms with Crippen LogP contribution in [0.3, 0.4) is 0 Å². The second-order valence-electron chi connectivity index (χ2n) is 11.6. The monoisotopic (exact) mass is 526 g/mol. The molecule has 3 aliphatic heterocycles. The molecule has 3 aliphatic rings. The number of imide groups is 1. The predicted octanol–water partition coefficient (Wildman–Crippen LogP) is 5.00. The minimum absolute atomic E-state index is 0.300. The standard InChI is InChI=1S/C34H30N4O2/c1-36-20-26(24-11-5-7-13-27(24)36)31-32(34(40)35-33(31)39)30-25-12-6-8-14-28(25)38-19-23-18-37(17-22(23)15-29(30)38)16-21-9-3-2-4-10-21/h2-14,20,22-23H,15-19H2,1H3,(H,35,39,40)/t22-,23-/m0/s1. The zero-order chi connectivity index (χ0) is 27.0. The van der Waals surface area contributed by atoms with Gasteiger partial charge in [0.25, 0.3) is 11.8 Å². The van der Waals surface area contributed by atoms with Crippen LogP contribution in [-0.4, -0.2) is 38.9 Å². The average Bonchev–Trinajstić information content (AvgIpc) is 3.68. The minimum atomic E-state index is -0.316. The first-order chi connectivity index (χ1) is 19.6. The van der Waals surface area contributed by atoms with Crippen molar-refractivity contribution in [3.05, 3.63) is 107 Å². The summed E-state index contributed by atoms with van der Waals surface area (Å²) in [6, 6.07) is 27.1. The van der Waals surface area contributed by atoms with Crippen LogP contribution < -0.4 is 5.32 Å². The van der Waals surface area contributed by atoms with Gasteiger partial charge >= 0.3 is 0 Å². The number of hydrogen-bond donors (Lipinski definition) is 1. The van der Waals surface area contributed by atoms with Gasteiger partial charge in [-0.2, -0.15) is 0 Å². The molecule has 1 fully saturated rings. The van der Waals surface area contributed by atoms with E-state index in [-0.39, 0.29) is 11.8 Å². The van der Waals surface area contributed by atoms with Crippen molar-refractivity contribution in [2.24, 2.45) is 18.9 Å². The van der Waals surface area contributed by atoms with Crippen molar-refractivity contribution in [1.29, 1.82) is 0 Å². The summed E-state index contributed by atoms with van der Waals surface area (Å²) in [5, 5.41) is 4.68. The van der Waals surface area contributed by atoms with Gasteiger partial charge < -0.3 is 9.13 Å². The maximum Gasteiger partial charge on any atom is 0.259 e. The van der Waals surface area contributed by atoms with Gasteiger partial charge in [-0.3, -0.25) is 19.8 Å². The van der Waals surface area contributed by atoms with E-state index < -0.39 is 0 Å². The lowest BCUT2D eigenvalue weighted by Crippen LogP contribution is -2.28. The second kappa shape index (κ2) is 8.80. The summed E-state index contributed by atoms with van der Waals surface area (Å²) < 4.78 is 4.46. The summed E-state index contributed by atoms with van der Waals surface area (Å²) in [6.07, 6.45) is 2.88. The van der Waals surface area contributed by atoms with Crippen LogP contribution in [0.5, 0.6) is 0 Å². The number of para-hydroxylation sites is 2. The molecule has 2 amide bonds. The summed E-state index contributed by atoms with van der Waals surface area (Å²) >= 11 is 0. The van der Waals surface area contributed by atoms with Gasteiger partial charge in [0, 0.05) is 78.1 Å². The molecule has 0 spiro atoms. The fraction of sp³-hybridized carbons (Fsp3) is 0.235. The molecule has 6 heteroatoms. The number of likely N-dealkylation sites (tertiary alicyclic amines) is 1. The van der Waals surface area contributed by atoms with Crippen LogP contribution in [0.4, 0.5) is 0 Å². The Balaban J connectivity index is 1.27. The molecule has 0 radical (unpaired) electrons. The smallest absolute Gasteiger partial charge is 0.259 e. The van der Waals surface area contributed by atoms with Gasteiger partial charge in [-0.1, -0.05) is 66.7 Å². The zero-order valence-electron chi connectivity index (χ0n) is 22.4. The Morgan fingerprint density at radius 3 is 2.25 bits per heavy atom. The number of carbonyl (C=O) groups is 2. The predicted molar refractivity (Wildman–Crippen MR) is 157 cm³/mol. The minimum Gasteiger partial charge on any atom is -0.350 e. The third-order valence-corrected chi connectivity index (χ3v) is 9.20. The van der Waals surface area contributed by atoms with Crippen molar-refractivity contribution in [1.82, 2.24) is 19.4 Å². The van der Waals surface area contributed by atoms with Crippen LogP contribution >= 0.6 is 0 Å². The maximum atomic E-state index is 13.6. The average molecular weight is 527 g/mol. The molecule has 1 N–H and O–H groups in total. The van der Waals surface area contributed by atoms with Crippen molar-refractivity contribution in [3.8, 4) is 0 Å². The molecule has 2 aromatic heterocycles. The topological polar surface area (TPSA) is 59.3 Å².